The second-order valence-corrected chi connectivity index (χ2v) is 6.92. The molecule has 6 heteroatoms. The predicted octanol–water partition coefficient (Wildman–Crippen LogP) is 3.07. The van der Waals surface area contributed by atoms with Gasteiger partial charge in [0.25, 0.3) is 5.91 Å². The number of halogens is 2. The van der Waals surface area contributed by atoms with E-state index in [1.54, 1.807) is 24.3 Å². The first-order valence-electron chi connectivity index (χ1n) is 9.24. The number of amides is 1. The van der Waals surface area contributed by atoms with Crippen molar-refractivity contribution in [3.63, 3.8) is 0 Å². The summed E-state index contributed by atoms with van der Waals surface area (Å²) in [6, 6.07) is 9.97. The van der Waals surface area contributed by atoms with Crippen molar-refractivity contribution < 1.29 is 18.7 Å². The zero-order valence-electron chi connectivity index (χ0n) is 15.1. The van der Waals surface area contributed by atoms with Gasteiger partial charge in [-0.25, -0.2) is 8.78 Å². The van der Waals surface area contributed by atoms with Gasteiger partial charge in [0.05, 0.1) is 5.56 Å². The number of hydrogen-bond acceptors (Lipinski definition) is 3. The van der Waals surface area contributed by atoms with Crippen LogP contribution < -0.4 is 5.32 Å². The van der Waals surface area contributed by atoms with E-state index in [9.17, 15) is 18.7 Å². The number of nitrogens with one attached hydrogen (secondary N) is 1. The highest BCUT2D eigenvalue weighted by molar-refractivity contribution is 5.94. The molecule has 0 saturated carbocycles. The molecule has 1 fully saturated rings. The first kappa shape index (κ1) is 19.5. The van der Waals surface area contributed by atoms with Crippen molar-refractivity contribution in [3.05, 3.63) is 59.7 Å². The van der Waals surface area contributed by atoms with Crippen LogP contribution in [0.25, 0.3) is 11.1 Å². The maximum absolute atomic E-state index is 13.9. The smallest absolute Gasteiger partial charge is 0.251 e. The van der Waals surface area contributed by atoms with Gasteiger partial charge in [0.1, 0.15) is 11.6 Å². The molecule has 2 aromatic rings. The van der Waals surface area contributed by atoms with Crippen molar-refractivity contribution in [1.82, 2.24) is 10.2 Å². The van der Waals surface area contributed by atoms with Gasteiger partial charge in [-0.2, -0.15) is 0 Å². The molecule has 0 aliphatic carbocycles. The summed E-state index contributed by atoms with van der Waals surface area (Å²) >= 11 is 0. The maximum atomic E-state index is 13.9. The van der Waals surface area contributed by atoms with Crippen LogP contribution in [-0.2, 0) is 0 Å². The van der Waals surface area contributed by atoms with Crippen LogP contribution in [0.15, 0.2) is 42.5 Å². The van der Waals surface area contributed by atoms with E-state index in [1.807, 2.05) is 0 Å². The van der Waals surface area contributed by atoms with E-state index in [0.717, 1.165) is 32.5 Å². The van der Waals surface area contributed by atoms with Crippen LogP contribution in [0.2, 0.25) is 0 Å². The maximum Gasteiger partial charge on any atom is 0.251 e. The number of carbonyl (C=O) groups is 1. The molecule has 0 aromatic heterocycles. The van der Waals surface area contributed by atoms with Gasteiger partial charge >= 0.3 is 0 Å². The van der Waals surface area contributed by atoms with E-state index >= 15 is 0 Å². The van der Waals surface area contributed by atoms with Crippen LogP contribution in [0.4, 0.5) is 8.78 Å². The van der Waals surface area contributed by atoms with Crippen molar-refractivity contribution in [2.45, 2.75) is 12.8 Å². The fourth-order valence-corrected chi connectivity index (χ4v) is 3.49. The number of rotatable bonds is 6. The molecule has 0 spiro atoms. The standard InChI is InChI=1S/C21H24F2N2O2/c22-18-4-1-5-19(23)20(18)16-6-8-17(9-7-16)21(27)24-10-12-25-11-2-3-15(13-25)14-26/h1,4-9,15,26H,2-3,10-14H2,(H,24,27)/t15-/m1/s1. The topological polar surface area (TPSA) is 52.6 Å². The van der Waals surface area contributed by atoms with Gasteiger partial charge in [0.15, 0.2) is 0 Å². The van der Waals surface area contributed by atoms with Crippen molar-refractivity contribution in [3.8, 4) is 11.1 Å². The number of nitrogens with zero attached hydrogens (tertiary/aromatic N) is 1. The predicted molar refractivity (Wildman–Crippen MR) is 100 cm³/mol. The molecule has 1 amide bonds. The van der Waals surface area contributed by atoms with E-state index in [4.69, 9.17) is 0 Å². The minimum Gasteiger partial charge on any atom is -0.396 e. The largest absolute Gasteiger partial charge is 0.396 e. The van der Waals surface area contributed by atoms with E-state index in [0.29, 0.717) is 23.6 Å². The Morgan fingerprint density at radius 2 is 1.85 bits per heavy atom. The summed E-state index contributed by atoms with van der Waals surface area (Å²) in [5, 5.41) is 12.1. The molecule has 0 unspecified atom stereocenters. The number of piperidine rings is 1. The lowest BCUT2D eigenvalue weighted by atomic mass is 9.99. The fourth-order valence-electron chi connectivity index (χ4n) is 3.49. The Balaban J connectivity index is 1.55. The molecular weight excluding hydrogens is 350 g/mol. The Morgan fingerprint density at radius 3 is 2.52 bits per heavy atom. The number of likely N-dealkylation sites (tertiary alicyclic amines) is 1. The van der Waals surface area contributed by atoms with Crippen molar-refractivity contribution in [2.24, 2.45) is 5.92 Å². The molecule has 0 bridgehead atoms. The van der Waals surface area contributed by atoms with Gasteiger partial charge < -0.3 is 15.3 Å². The summed E-state index contributed by atoms with van der Waals surface area (Å²) in [4.78, 5) is 14.5. The lowest BCUT2D eigenvalue weighted by Gasteiger charge is -2.31. The first-order valence-corrected chi connectivity index (χ1v) is 9.24. The molecule has 4 nitrogen and oxygen atoms in total. The monoisotopic (exact) mass is 374 g/mol. The summed E-state index contributed by atoms with van der Waals surface area (Å²) in [6.07, 6.45) is 2.11. The SMILES string of the molecule is O=C(NCCN1CCC[C@@H](CO)C1)c1ccc(-c2c(F)cccc2F)cc1. The Kier molecular flexibility index (Phi) is 6.53. The second kappa shape index (κ2) is 9.06. The Bertz CT molecular complexity index is 760. The van der Waals surface area contributed by atoms with Gasteiger partial charge in [0, 0.05) is 31.8 Å². The molecule has 2 aromatic carbocycles. The minimum absolute atomic E-state index is 0.0898. The third-order valence-corrected chi connectivity index (χ3v) is 4.97. The molecule has 3 rings (SSSR count). The molecule has 27 heavy (non-hydrogen) atoms. The summed E-state index contributed by atoms with van der Waals surface area (Å²) in [5.74, 6) is -1.16. The summed E-state index contributed by atoms with van der Waals surface area (Å²) in [6.45, 7) is 3.30. The van der Waals surface area contributed by atoms with Crippen LogP contribution in [0.1, 0.15) is 23.2 Å². The Morgan fingerprint density at radius 1 is 1.15 bits per heavy atom. The van der Waals surface area contributed by atoms with Crippen molar-refractivity contribution in [1.29, 1.82) is 0 Å². The van der Waals surface area contributed by atoms with E-state index in [-0.39, 0.29) is 18.1 Å². The zero-order valence-corrected chi connectivity index (χ0v) is 15.1. The highest BCUT2D eigenvalue weighted by Gasteiger charge is 2.19. The highest BCUT2D eigenvalue weighted by atomic mass is 19.1. The Labute approximate surface area is 157 Å². The van der Waals surface area contributed by atoms with Gasteiger partial charge in [-0.3, -0.25) is 4.79 Å². The van der Waals surface area contributed by atoms with Gasteiger partial charge in [-0.15, -0.1) is 0 Å². The van der Waals surface area contributed by atoms with Crippen molar-refractivity contribution >= 4 is 5.91 Å². The van der Waals surface area contributed by atoms with E-state index in [1.165, 1.54) is 18.2 Å². The van der Waals surface area contributed by atoms with E-state index < -0.39 is 11.6 Å². The molecule has 1 heterocycles. The number of benzene rings is 2. The normalized spacial score (nSPS) is 17.7. The highest BCUT2D eigenvalue weighted by Crippen LogP contribution is 2.26. The fraction of sp³-hybridized carbons (Fsp3) is 0.381. The molecule has 144 valence electrons. The molecular formula is C21H24F2N2O2. The average molecular weight is 374 g/mol. The van der Waals surface area contributed by atoms with Crippen LogP contribution in [-0.4, -0.2) is 48.7 Å². The van der Waals surface area contributed by atoms with Crippen molar-refractivity contribution in [2.75, 3.05) is 32.8 Å². The first-order chi connectivity index (χ1) is 13.1. The van der Waals surface area contributed by atoms with Gasteiger partial charge in [0.2, 0.25) is 0 Å². The minimum atomic E-state index is -0.630. The third-order valence-electron chi connectivity index (χ3n) is 4.97. The lowest BCUT2D eigenvalue weighted by Crippen LogP contribution is -2.41. The number of aliphatic hydroxyl groups excluding tert-OH is 1. The second-order valence-electron chi connectivity index (χ2n) is 6.92. The molecule has 1 aliphatic heterocycles. The third kappa shape index (κ3) is 4.90. The lowest BCUT2D eigenvalue weighted by molar-refractivity contribution is 0.0930. The van der Waals surface area contributed by atoms with Gasteiger partial charge in [-0.05, 0) is 55.1 Å². The molecule has 1 aliphatic rings. The molecule has 0 radical (unpaired) electrons. The van der Waals surface area contributed by atoms with Gasteiger partial charge in [-0.1, -0.05) is 18.2 Å². The molecule has 1 saturated heterocycles. The van der Waals surface area contributed by atoms with Crippen LogP contribution in [0.5, 0.6) is 0 Å². The van der Waals surface area contributed by atoms with E-state index in [2.05, 4.69) is 10.2 Å². The number of aliphatic hydroxyl groups is 1. The summed E-state index contributed by atoms with van der Waals surface area (Å²) in [5.41, 5.74) is 0.751. The number of hydrogen-bond donors (Lipinski definition) is 2. The van der Waals surface area contributed by atoms with Crippen LogP contribution >= 0.6 is 0 Å². The summed E-state index contributed by atoms with van der Waals surface area (Å²) < 4.78 is 27.7. The quantitative estimate of drug-likeness (QED) is 0.817. The zero-order chi connectivity index (χ0) is 19.2. The van der Waals surface area contributed by atoms with Crippen LogP contribution in [0.3, 0.4) is 0 Å². The molecule has 1 atom stereocenters. The summed E-state index contributed by atoms with van der Waals surface area (Å²) in [7, 11) is 0. The average Bonchev–Trinajstić information content (AvgIpc) is 2.68. The molecule has 2 N–H and O–H groups in total. The van der Waals surface area contributed by atoms with Crippen LogP contribution in [0, 0.1) is 17.6 Å². The Hall–Kier alpha value is -2.31. The number of carbonyl (C=O) groups excluding carboxylic acids is 1.